The van der Waals surface area contributed by atoms with Gasteiger partial charge in [0.2, 0.25) is 0 Å². The second kappa shape index (κ2) is 8.71. The maximum atomic E-state index is 11.7. The normalized spacial score (nSPS) is 12.7. The van der Waals surface area contributed by atoms with Crippen LogP contribution in [0.5, 0.6) is 0 Å². The SMILES string of the molecule is CCCNC(CCN(C)Cc1nccn1C)C(=O)OC. The molecule has 0 aliphatic rings. The Bertz CT molecular complexity index is 406. The van der Waals surface area contributed by atoms with Crippen molar-refractivity contribution in [3.05, 3.63) is 18.2 Å². The van der Waals surface area contributed by atoms with Gasteiger partial charge in [0.15, 0.2) is 0 Å². The molecule has 1 aromatic heterocycles. The summed E-state index contributed by atoms with van der Waals surface area (Å²) < 4.78 is 6.83. The summed E-state index contributed by atoms with van der Waals surface area (Å²) in [5.74, 6) is 0.826. The first-order chi connectivity index (χ1) is 9.58. The number of esters is 1. The second-order valence-electron chi connectivity index (χ2n) is 5.01. The molecule has 0 spiro atoms. The van der Waals surface area contributed by atoms with E-state index in [1.807, 2.05) is 24.9 Å². The van der Waals surface area contributed by atoms with Crippen molar-refractivity contribution in [3.63, 3.8) is 0 Å². The molecule has 1 heterocycles. The molecule has 0 aliphatic heterocycles. The number of methoxy groups -OCH3 is 1. The molecule has 1 rings (SSSR count). The van der Waals surface area contributed by atoms with Gasteiger partial charge >= 0.3 is 5.97 Å². The van der Waals surface area contributed by atoms with Gasteiger partial charge in [0.1, 0.15) is 11.9 Å². The molecule has 20 heavy (non-hydrogen) atoms. The first kappa shape index (κ1) is 16.7. The summed E-state index contributed by atoms with van der Waals surface area (Å²) in [6.45, 7) is 4.48. The average Bonchev–Trinajstić information content (AvgIpc) is 2.83. The van der Waals surface area contributed by atoms with Crippen LogP contribution in [0.25, 0.3) is 0 Å². The summed E-state index contributed by atoms with van der Waals surface area (Å²) in [5.41, 5.74) is 0. The van der Waals surface area contributed by atoms with Crippen LogP contribution in [-0.4, -0.2) is 53.7 Å². The Morgan fingerprint density at radius 2 is 2.35 bits per heavy atom. The number of hydrogen-bond acceptors (Lipinski definition) is 5. The molecule has 0 aromatic carbocycles. The van der Waals surface area contributed by atoms with Crippen LogP contribution in [0, 0.1) is 0 Å². The van der Waals surface area contributed by atoms with Crippen LogP contribution in [0.15, 0.2) is 12.4 Å². The van der Waals surface area contributed by atoms with Crippen LogP contribution in [0.2, 0.25) is 0 Å². The highest BCUT2D eigenvalue weighted by molar-refractivity contribution is 5.75. The number of hydrogen-bond donors (Lipinski definition) is 1. The molecule has 1 N–H and O–H groups in total. The van der Waals surface area contributed by atoms with Crippen molar-refractivity contribution in [3.8, 4) is 0 Å². The zero-order chi connectivity index (χ0) is 15.0. The molecule has 114 valence electrons. The van der Waals surface area contributed by atoms with Gasteiger partial charge in [-0.1, -0.05) is 6.92 Å². The van der Waals surface area contributed by atoms with Gasteiger partial charge in [0.05, 0.1) is 13.7 Å². The third-order valence-corrected chi connectivity index (χ3v) is 3.26. The molecular weight excluding hydrogens is 256 g/mol. The van der Waals surface area contributed by atoms with Crippen LogP contribution in [0.3, 0.4) is 0 Å². The number of nitrogens with one attached hydrogen (secondary N) is 1. The highest BCUT2D eigenvalue weighted by atomic mass is 16.5. The lowest BCUT2D eigenvalue weighted by atomic mass is 10.2. The van der Waals surface area contributed by atoms with E-state index in [2.05, 4.69) is 22.1 Å². The van der Waals surface area contributed by atoms with Crippen molar-refractivity contribution in [1.82, 2.24) is 19.8 Å². The zero-order valence-electron chi connectivity index (χ0n) is 12.9. The minimum absolute atomic E-state index is 0.191. The van der Waals surface area contributed by atoms with Gasteiger partial charge in [-0.05, 0) is 26.4 Å². The van der Waals surface area contributed by atoms with Crippen LogP contribution in [-0.2, 0) is 23.1 Å². The molecule has 0 bridgehead atoms. The van der Waals surface area contributed by atoms with E-state index in [1.54, 1.807) is 6.20 Å². The van der Waals surface area contributed by atoms with Crippen molar-refractivity contribution >= 4 is 5.97 Å². The fourth-order valence-electron chi connectivity index (χ4n) is 1.98. The van der Waals surface area contributed by atoms with Crippen molar-refractivity contribution in [2.75, 3.05) is 27.2 Å². The predicted molar refractivity (Wildman–Crippen MR) is 78.3 cm³/mol. The summed E-state index contributed by atoms with van der Waals surface area (Å²) in [4.78, 5) is 18.1. The quantitative estimate of drug-likeness (QED) is 0.678. The van der Waals surface area contributed by atoms with Crippen LogP contribution in [0.1, 0.15) is 25.6 Å². The summed E-state index contributed by atoms with van der Waals surface area (Å²) in [5, 5.41) is 3.22. The zero-order valence-corrected chi connectivity index (χ0v) is 12.9. The molecule has 1 atom stereocenters. The van der Waals surface area contributed by atoms with Crippen molar-refractivity contribution in [1.29, 1.82) is 0 Å². The van der Waals surface area contributed by atoms with Crippen LogP contribution in [0.4, 0.5) is 0 Å². The fourth-order valence-corrected chi connectivity index (χ4v) is 1.98. The van der Waals surface area contributed by atoms with Crippen molar-refractivity contribution in [2.24, 2.45) is 7.05 Å². The van der Waals surface area contributed by atoms with E-state index in [9.17, 15) is 4.79 Å². The molecule has 1 aromatic rings. The molecule has 0 saturated carbocycles. The van der Waals surface area contributed by atoms with E-state index >= 15 is 0 Å². The summed E-state index contributed by atoms with van der Waals surface area (Å²) in [6.07, 6.45) is 5.46. The Balaban J connectivity index is 2.41. The van der Waals surface area contributed by atoms with Crippen LogP contribution < -0.4 is 5.32 Å². The number of imidazole rings is 1. The van der Waals surface area contributed by atoms with E-state index in [0.717, 1.165) is 38.3 Å². The molecule has 1 unspecified atom stereocenters. The third-order valence-electron chi connectivity index (χ3n) is 3.26. The van der Waals surface area contributed by atoms with Crippen molar-refractivity contribution < 1.29 is 9.53 Å². The number of carbonyl (C=O) groups excluding carboxylic acids is 1. The molecular formula is C14H26N4O2. The smallest absolute Gasteiger partial charge is 0.322 e. The number of nitrogens with zero attached hydrogens (tertiary/aromatic N) is 3. The molecule has 0 saturated heterocycles. The first-order valence-corrected chi connectivity index (χ1v) is 7.04. The maximum Gasteiger partial charge on any atom is 0.322 e. The molecule has 6 heteroatoms. The molecule has 0 aliphatic carbocycles. The topological polar surface area (TPSA) is 59.4 Å². The third kappa shape index (κ3) is 5.30. The number of aryl methyl sites for hydroxylation is 1. The van der Waals surface area contributed by atoms with Gasteiger partial charge in [-0.3, -0.25) is 9.69 Å². The van der Waals surface area contributed by atoms with Gasteiger partial charge < -0.3 is 14.6 Å². The van der Waals surface area contributed by atoms with Crippen LogP contribution >= 0.6 is 0 Å². The minimum Gasteiger partial charge on any atom is -0.468 e. The fraction of sp³-hybridized carbons (Fsp3) is 0.714. The number of carbonyl (C=O) groups is 1. The van der Waals surface area contributed by atoms with Crippen molar-refractivity contribution in [2.45, 2.75) is 32.4 Å². The highest BCUT2D eigenvalue weighted by Gasteiger charge is 2.18. The summed E-state index contributed by atoms with van der Waals surface area (Å²) in [6, 6.07) is -0.233. The largest absolute Gasteiger partial charge is 0.468 e. The maximum absolute atomic E-state index is 11.7. The predicted octanol–water partition coefficient (Wildman–Crippen LogP) is 0.783. The molecule has 0 radical (unpaired) electrons. The average molecular weight is 282 g/mol. The lowest BCUT2D eigenvalue weighted by Gasteiger charge is -2.21. The van der Waals surface area contributed by atoms with Gasteiger partial charge in [-0.2, -0.15) is 0 Å². The second-order valence-corrected chi connectivity index (χ2v) is 5.01. The van der Waals surface area contributed by atoms with Gasteiger partial charge in [0, 0.05) is 26.0 Å². The van der Waals surface area contributed by atoms with E-state index < -0.39 is 0 Å². The van der Waals surface area contributed by atoms with Gasteiger partial charge in [-0.15, -0.1) is 0 Å². The standard InChI is InChI=1S/C14H26N4O2/c1-5-7-15-12(14(19)20-4)6-9-17(2)11-13-16-8-10-18(13)3/h8,10,12,15H,5-7,9,11H2,1-4H3. The van der Waals surface area contributed by atoms with E-state index in [4.69, 9.17) is 4.74 Å². The Labute approximate surface area is 121 Å². The lowest BCUT2D eigenvalue weighted by Crippen LogP contribution is -2.40. The lowest BCUT2D eigenvalue weighted by molar-refractivity contribution is -0.143. The van der Waals surface area contributed by atoms with E-state index in [-0.39, 0.29) is 12.0 Å². The molecule has 6 nitrogen and oxygen atoms in total. The highest BCUT2D eigenvalue weighted by Crippen LogP contribution is 2.03. The Morgan fingerprint density at radius 3 is 2.90 bits per heavy atom. The first-order valence-electron chi connectivity index (χ1n) is 7.04. The van der Waals surface area contributed by atoms with E-state index in [0.29, 0.717) is 0 Å². The monoisotopic (exact) mass is 282 g/mol. The number of ether oxygens (including phenoxy) is 1. The summed E-state index contributed by atoms with van der Waals surface area (Å²) in [7, 11) is 5.44. The van der Waals surface area contributed by atoms with Gasteiger partial charge in [-0.25, -0.2) is 4.98 Å². The minimum atomic E-state index is -0.233. The number of aromatic nitrogens is 2. The molecule has 0 fully saturated rings. The van der Waals surface area contributed by atoms with E-state index in [1.165, 1.54) is 7.11 Å². The van der Waals surface area contributed by atoms with Gasteiger partial charge in [0.25, 0.3) is 0 Å². The Morgan fingerprint density at radius 1 is 1.60 bits per heavy atom. The Hall–Kier alpha value is -1.40. The Kier molecular flexibility index (Phi) is 7.25. The number of rotatable bonds is 9. The summed E-state index contributed by atoms with van der Waals surface area (Å²) >= 11 is 0. The molecule has 0 amide bonds.